The number of thioether (sulfide) groups is 1. The lowest BCUT2D eigenvalue weighted by Crippen LogP contribution is -2.25. The lowest BCUT2D eigenvalue weighted by atomic mass is 10.1. The SMILES string of the molecule is CC(C)Oc1cc(NC2CCCSC2)ccc1N. The van der Waals surface area contributed by atoms with Crippen molar-refractivity contribution in [2.45, 2.75) is 38.8 Å². The molecule has 4 heteroatoms. The molecule has 18 heavy (non-hydrogen) atoms. The molecule has 0 bridgehead atoms. The summed E-state index contributed by atoms with van der Waals surface area (Å²) < 4.78 is 5.70. The Bertz CT molecular complexity index is 389. The summed E-state index contributed by atoms with van der Waals surface area (Å²) in [5.74, 6) is 3.25. The van der Waals surface area contributed by atoms with Crippen molar-refractivity contribution in [1.29, 1.82) is 0 Å². The van der Waals surface area contributed by atoms with Gasteiger partial charge in [0.1, 0.15) is 5.75 Å². The summed E-state index contributed by atoms with van der Waals surface area (Å²) in [7, 11) is 0. The van der Waals surface area contributed by atoms with Crippen LogP contribution in [0.2, 0.25) is 0 Å². The van der Waals surface area contributed by atoms with E-state index in [0.29, 0.717) is 11.7 Å². The second-order valence-electron chi connectivity index (χ2n) is 4.98. The van der Waals surface area contributed by atoms with Gasteiger partial charge >= 0.3 is 0 Å². The molecule has 3 N–H and O–H groups in total. The number of nitrogens with two attached hydrogens (primary N) is 1. The Hall–Kier alpha value is -1.03. The van der Waals surface area contributed by atoms with Crippen LogP contribution in [-0.4, -0.2) is 23.7 Å². The second-order valence-corrected chi connectivity index (χ2v) is 6.13. The summed E-state index contributed by atoms with van der Waals surface area (Å²) in [5, 5.41) is 3.57. The molecule has 0 aliphatic carbocycles. The van der Waals surface area contributed by atoms with Crippen LogP contribution in [0.15, 0.2) is 18.2 Å². The van der Waals surface area contributed by atoms with E-state index in [9.17, 15) is 0 Å². The van der Waals surface area contributed by atoms with Gasteiger partial charge in [0.15, 0.2) is 0 Å². The van der Waals surface area contributed by atoms with Crippen LogP contribution in [0.5, 0.6) is 5.75 Å². The predicted molar refractivity (Wildman–Crippen MR) is 80.6 cm³/mol. The van der Waals surface area contributed by atoms with E-state index in [1.165, 1.54) is 24.3 Å². The Morgan fingerprint density at radius 3 is 2.94 bits per heavy atom. The first-order valence-electron chi connectivity index (χ1n) is 6.55. The average molecular weight is 266 g/mol. The highest BCUT2D eigenvalue weighted by Crippen LogP contribution is 2.28. The number of ether oxygens (including phenoxy) is 1. The monoisotopic (exact) mass is 266 g/mol. The molecule has 1 saturated heterocycles. The third kappa shape index (κ3) is 3.73. The van der Waals surface area contributed by atoms with E-state index in [4.69, 9.17) is 10.5 Å². The summed E-state index contributed by atoms with van der Waals surface area (Å²) in [6.45, 7) is 4.02. The lowest BCUT2D eigenvalue weighted by Gasteiger charge is -2.24. The first-order valence-corrected chi connectivity index (χ1v) is 7.71. The number of hydrogen-bond acceptors (Lipinski definition) is 4. The van der Waals surface area contributed by atoms with E-state index < -0.39 is 0 Å². The maximum atomic E-state index is 5.91. The molecule has 3 nitrogen and oxygen atoms in total. The Morgan fingerprint density at radius 2 is 2.28 bits per heavy atom. The van der Waals surface area contributed by atoms with Gasteiger partial charge in [-0.05, 0) is 44.6 Å². The molecule has 0 radical (unpaired) electrons. The van der Waals surface area contributed by atoms with Crippen LogP contribution < -0.4 is 15.8 Å². The van der Waals surface area contributed by atoms with Crippen LogP contribution in [0.1, 0.15) is 26.7 Å². The van der Waals surface area contributed by atoms with Crippen molar-refractivity contribution in [2.75, 3.05) is 22.6 Å². The number of nitrogens with one attached hydrogen (secondary N) is 1. The topological polar surface area (TPSA) is 47.3 Å². The molecule has 1 unspecified atom stereocenters. The Balaban J connectivity index is 2.03. The van der Waals surface area contributed by atoms with Crippen molar-refractivity contribution < 1.29 is 4.74 Å². The third-order valence-corrected chi connectivity index (χ3v) is 4.12. The van der Waals surface area contributed by atoms with Gasteiger partial charge in [0, 0.05) is 23.5 Å². The molecule has 1 aromatic rings. The molecule has 0 aromatic heterocycles. The largest absolute Gasteiger partial charge is 0.489 e. The van der Waals surface area contributed by atoms with Crippen molar-refractivity contribution in [3.63, 3.8) is 0 Å². The van der Waals surface area contributed by atoms with Crippen LogP contribution in [0.25, 0.3) is 0 Å². The predicted octanol–water partition coefficient (Wildman–Crippen LogP) is 3.36. The maximum absolute atomic E-state index is 5.91. The van der Waals surface area contributed by atoms with E-state index in [1.54, 1.807) is 0 Å². The molecule has 1 aliphatic rings. The molecule has 1 fully saturated rings. The minimum atomic E-state index is 0.146. The molecule has 0 spiro atoms. The molecular weight excluding hydrogens is 244 g/mol. The fourth-order valence-electron chi connectivity index (χ4n) is 2.07. The van der Waals surface area contributed by atoms with E-state index in [1.807, 2.05) is 43.8 Å². The van der Waals surface area contributed by atoms with Crippen LogP contribution >= 0.6 is 11.8 Å². The van der Waals surface area contributed by atoms with Crippen molar-refractivity contribution in [1.82, 2.24) is 0 Å². The van der Waals surface area contributed by atoms with Crippen molar-refractivity contribution in [3.8, 4) is 5.75 Å². The number of anilines is 2. The highest BCUT2D eigenvalue weighted by Gasteiger charge is 2.14. The summed E-state index contributed by atoms with van der Waals surface area (Å²) in [5.41, 5.74) is 7.72. The number of nitrogen functional groups attached to an aromatic ring is 1. The molecule has 1 heterocycles. The molecule has 1 aromatic carbocycles. The van der Waals surface area contributed by atoms with Gasteiger partial charge in [0.25, 0.3) is 0 Å². The molecule has 0 saturated carbocycles. The Morgan fingerprint density at radius 1 is 1.44 bits per heavy atom. The highest BCUT2D eigenvalue weighted by atomic mass is 32.2. The lowest BCUT2D eigenvalue weighted by molar-refractivity contribution is 0.244. The molecule has 0 amide bonds. The summed E-state index contributed by atoms with van der Waals surface area (Å²) >= 11 is 2.02. The first kappa shape index (κ1) is 13.4. The van der Waals surface area contributed by atoms with E-state index >= 15 is 0 Å². The molecule has 2 rings (SSSR count). The van der Waals surface area contributed by atoms with Gasteiger partial charge in [-0.2, -0.15) is 11.8 Å². The first-order chi connectivity index (χ1) is 8.65. The number of hydrogen-bond donors (Lipinski definition) is 2. The van der Waals surface area contributed by atoms with Crippen molar-refractivity contribution in [2.24, 2.45) is 0 Å². The van der Waals surface area contributed by atoms with Crippen molar-refractivity contribution >= 4 is 23.1 Å². The van der Waals surface area contributed by atoms with Gasteiger partial charge in [-0.3, -0.25) is 0 Å². The van der Waals surface area contributed by atoms with Crippen LogP contribution in [0.3, 0.4) is 0 Å². The molecule has 1 atom stereocenters. The smallest absolute Gasteiger partial charge is 0.144 e. The normalized spacial score (nSPS) is 19.8. The number of rotatable bonds is 4. The molecule has 100 valence electrons. The van der Waals surface area contributed by atoms with E-state index in [-0.39, 0.29) is 6.10 Å². The zero-order valence-corrected chi connectivity index (χ0v) is 11.9. The van der Waals surface area contributed by atoms with E-state index in [2.05, 4.69) is 5.32 Å². The fraction of sp³-hybridized carbons (Fsp3) is 0.571. The average Bonchev–Trinajstić information content (AvgIpc) is 2.34. The van der Waals surface area contributed by atoms with Gasteiger partial charge < -0.3 is 15.8 Å². The zero-order valence-electron chi connectivity index (χ0n) is 11.1. The summed E-state index contributed by atoms with van der Waals surface area (Å²) in [6.07, 6.45) is 2.69. The highest BCUT2D eigenvalue weighted by molar-refractivity contribution is 7.99. The van der Waals surface area contributed by atoms with Gasteiger partial charge in [-0.25, -0.2) is 0 Å². The van der Waals surface area contributed by atoms with Crippen LogP contribution in [0, 0.1) is 0 Å². The van der Waals surface area contributed by atoms with Gasteiger partial charge in [-0.1, -0.05) is 0 Å². The van der Waals surface area contributed by atoms with Gasteiger partial charge in [0.2, 0.25) is 0 Å². The third-order valence-electron chi connectivity index (χ3n) is 2.91. The Kier molecular flexibility index (Phi) is 4.64. The zero-order chi connectivity index (χ0) is 13.0. The summed E-state index contributed by atoms with van der Waals surface area (Å²) in [4.78, 5) is 0. The van der Waals surface area contributed by atoms with Crippen LogP contribution in [0.4, 0.5) is 11.4 Å². The molecular formula is C14H22N2OS. The summed E-state index contributed by atoms with van der Waals surface area (Å²) in [6, 6.07) is 6.52. The van der Waals surface area contributed by atoms with Crippen molar-refractivity contribution in [3.05, 3.63) is 18.2 Å². The van der Waals surface area contributed by atoms with Crippen LogP contribution in [-0.2, 0) is 0 Å². The van der Waals surface area contributed by atoms with E-state index in [0.717, 1.165) is 11.4 Å². The maximum Gasteiger partial charge on any atom is 0.144 e. The standard InChI is InChI=1S/C14H22N2OS/c1-10(2)17-14-8-11(5-6-13(14)15)16-12-4-3-7-18-9-12/h5-6,8,10,12,16H,3-4,7,9,15H2,1-2H3. The van der Waals surface area contributed by atoms with Gasteiger partial charge in [-0.15, -0.1) is 0 Å². The quantitative estimate of drug-likeness (QED) is 0.820. The minimum Gasteiger partial charge on any atom is -0.489 e. The fourth-order valence-corrected chi connectivity index (χ4v) is 3.14. The van der Waals surface area contributed by atoms with Gasteiger partial charge in [0.05, 0.1) is 11.8 Å². The second kappa shape index (κ2) is 6.23. The Labute approximate surface area is 113 Å². The number of benzene rings is 1. The molecule has 1 aliphatic heterocycles. The minimum absolute atomic E-state index is 0.146.